The molecule has 3 aromatic rings. The van der Waals surface area contributed by atoms with E-state index >= 15 is 0 Å². The number of aliphatic hydroxyl groups is 1. The molecule has 3 aliphatic rings. The van der Waals surface area contributed by atoms with Crippen LogP contribution in [0.1, 0.15) is 67.3 Å². The molecule has 0 bridgehead atoms. The van der Waals surface area contributed by atoms with E-state index in [0.29, 0.717) is 35.6 Å². The zero-order chi connectivity index (χ0) is 25.2. The SMILES string of the molecule is CCc1c2c(nc3cc(CN4CCCCC4)c(O)cc13)-c1cc3c(c(=O)n1C2)COC(=O)[C@]3(O)CC. The number of phenols is 1. The molecule has 36 heavy (non-hydrogen) atoms. The summed E-state index contributed by atoms with van der Waals surface area (Å²) in [5.41, 5.74) is 3.46. The van der Waals surface area contributed by atoms with Crippen molar-refractivity contribution in [3.05, 3.63) is 56.4 Å². The highest BCUT2D eigenvalue weighted by molar-refractivity contribution is 5.90. The molecule has 1 saturated heterocycles. The fraction of sp³-hybridized carbons (Fsp3) is 0.464. The second-order valence-corrected chi connectivity index (χ2v) is 10.2. The van der Waals surface area contributed by atoms with Crippen LogP contribution in [0, 0.1) is 0 Å². The van der Waals surface area contributed by atoms with Gasteiger partial charge in [0.15, 0.2) is 5.60 Å². The van der Waals surface area contributed by atoms with Gasteiger partial charge in [-0.25, -0.2) is 9.78 Å². The smallest absolute Gasteiger partial charge is 0.343 e. The van der Waals surface area contributed by atoms with Gasteiger partial charge in [0.05, 0.1) is 29.0 Å². The number of aromatic hydroxyl groups is 1. The summed E-state index contributed by atoms with van der Waals surface area (Å²) < 4.78 is 6.84. The zero-order valence-electron chi connectivity index (χ0n) is 20.8. The highest BCUT2D eigenvalue weighted by atomic mass is 16.6. The van der Waals surface area contributed by atoms with Crippen LogP contribution in [-0.2, 0) is 41.2 Å². The van der Waals surface area contributed by atoms with E-state index in [0.717, 1.165) is 47.1 Å². The second-order valence-electron chi connectivity index (χ2n) is 10.2. The third kappa shape index (κ3) is 3.31. The number of hydrogen-bond donors (Lipinski definition) is 2. The highest BCUT2D eigenvalue weighted by Gasteiger charge is 2.45. The van der Waals surface area contributed by atoms with E-state index in [1.165, 1.54) is 19.3 Å². The quantitative estimate of drug-likeness (QED) is 0.424. The first-order chi connectivity index (χ1) is 17.4. The third-order valence-corrected chi connectivity index (χ3v) is 8.20. The van der Waals surface area contributed by atoms with E-state index in [2.05, 4.69) is 11.8 Å². The zero-order valence-corrected chi connectivity index (χ0v) is 20.8. The Balaban J connectivity index is 1.53. The monoisotopic (exact) mass is 489 g/mol. The number of phenolic OH excluding ortho intramolecular Hbond substituents is 1. The van der Waals surface area contributed by atoms with E-state index in [1.54, 1.807) is 17.6 Å². The minimum atomic E-state index is -1.84. The molecule has 188 valence electrons. The van der Waals surface area contributed by atoms with Crippen molar-refractivity contribution in [1.82, 2.24) is 14.5 Å². The van der Waals surface area contributed by atoms with Crippen LogP contribution in [-0.4, -0.2) is 43.7 Å². The summed E-state index contributed by atoms with van der Waals surface area (Å²) in [6.45, 7) is 6.71. The predicted molar refractivity (Wildman–Crippen MR) is 135 cm³/mol. The number of ether oxygens (including phenoxy) is 1. The number of rotatable bonds is 4. The molecule has 3 aliphatic heterocycles. The van der Waals surface area contributed by atoms with Gasteiger partial charge in [-0.1, -0.05) is 20.3 Å². The Kier molecular flexibility index (Phi) is 5.42. The van der Waals surface area contributed by atoms with Crippen LogP contribution in [0.25, 0.3) is 22.3 Å². The lowest BCUT2D eigenvalue weighted by molar-refractivity contribution is -0.172. The topological polar surface area (TPSA) is 105 Å². The summed E-state index contributed by atoms with van der Waals surface area (Å²) in [5, 5.41) is 22.9. The average molecular weight is 490 g/mol. The van der Waals surface area contributed by atoms with Crippen molar-refractivity contribution in [2.75, 3.05) is 13.1 Å². The van der Waals surface area contributed by atoms with Gasteiger partial charge in [-0.2, -0.15) is 0 Å². The number of carbonyl (C=O) groups is 1. The Hall–Kier alpha value is -3.23. The van der Waals surface area contributed by atoms with E-state index in [1.807, 2.05) is 12.1 Å². The third-order valence-electron chi connectivity index (χ3n) is 8.20. The number of carbonyl (C=O) groups excluding carboxylic acids is 1. The number of piperidine rings is 1. The van der Waals surface area contributed by atoms with E-state index < -0.39 is 11.6 Å². The number of pyridine rings is 2. The molecule has 0 radical (unpaired) electrons. The summed E-state index contributed by atoms with van der Waals surface area (Å²) in [6, 6.07) is 5.54. The van der Waals surface area contributed by atoms with Gasteiger partial charge in [0, 0.05) is 28.6 Å². The maximum atomic E-state index is 13.5. The van der Waals surface area contributed by atoms with E-state index in [4.69, 9.17) is 9.72 Å². The number of cyclic esters (lactones) is 1. The number of hydrogen-bond acceptors (Lipinski definition) is 7. The standard InChI is InChI=1S/C28H31N3O5/c1-3-17-18-11-24(32)16(13-30-8-6-5-7-9-30)10-22(18)29-25-19(17)14-31-23(25)12-21-20(26(31)33)15-36-27(34)28(21,35)4-2/h10-12,32,35H,3-9,13-15H2,1-2H3/t28-/m0/s1. The summed E-state index contributed by atoms with van der Waals surface area (Å²) in [5.74, 6) is -0.449. The van der Waals surface area contributed by atoms with Gasteiger partial charge in [-0.05, 0) is 62.5 Å². The van der Waals surface area contributed by atoms with Crippen molar-refractivity contribution >= 4 is 16.9 Å². The summed E-state index contributed by atoms with van der Waals surface area (Å²) in [7, 11) is 0. The van der Waals surface area contributed by atoms with Crippen molar-refractivity contribution in [2.45, 2.75) is 71.2 Å². The maximum absolute atomic E-state index is 13.5. The predicted octanol–water partition coefficient (Wildman–Crippen LogP) is 3.33. The van der Waals surface area contributed by atoms with Gasteiger partial charge in [0.25, 0.3) is 5.56 Å². The van der Waals surface area contributed by atoms with Gasteiger partial charge in [0.1, 0.15) is 12.4 Å². The average Bonchev–Trinajstić information content (AvgIpc) is 3.25. The van der Waals surface area contributed by atoms with E-state index in [-0.39, 0.29) is 24.3 Å². The number of nitrogens with zero attached hydrogens (tertiary/aromatic N) is 3. The Morgan fingerprint density at radius 1 is 1.08 bits per heavy atom. The number of likely N-dealkylation sites (tertiary alicyclic amines) is 1. The molecule has 0 aliphatic carbocycles. The van der Waals surface area contributed by atoms with Crippen molar-refractivity contribution in [2.24, 2.45) is 0 Å². The molecular formula is C28H31N3O5. The number of aromatic nitrogens is 2. The Morgan fingerprint density at radius 3 is 2.58 bits per heavy atom. The molecule has 0 unspecified atom stereocenters. The molecule has 5 heterocycles. The lowest BCUT2D eigenvalue weighted by Gasteiger charge is -2.31. The van der Waals surface area contributed by atoms with Crippen LogP contribution in [0.5, 0.6) is 5.75 Å². The van der Waals surface area contributed by atoms with Crippen molar-refractivity contribution < 1.29 is 19.7 Å². The number of benzene rings is 1. The van der Waals surface area contributed by atoms with Crippen LogP contribution in [0.2, 0.25) is 0 Å². The Labute approximate surface area is 209 Å². The summed E-state index contributed by atoms with van der Waals surface area (Å²) in [4.78, 5) is 33.3. The molecular weight excluding hydrogens is 458 g/mol. The van der Waals surface area contributed by atoms with Gasteiger partial charge < -0.3 is 19.5 Å². The largest absolute Gasteiger partial charge is 0.508 e. The minimum Gasteiger partial charge on any atom is -0.508 e. The molecule has 0 amide bonds. The van der Waals surface area contributed by atoms with Crippen LogP contribution >= 0.6 is 0 Å². The summed E-state index contributed by atoms with van der Waals surface area (Å²) >= 11 is 0. The highest BCUT2D eigenvalue weighted by Crippen LogP contribution is 2.41. The van der Waals surface area contributed by atoms with Crippen molar-refractivity contribution in [3.63, 3.8) is 0 Å². The van der Waals surface area contributed by atoms with Gasteiger partial charge in [-0.15, -0.1) is 0 Å². The van der Waals surface area contributed by atoms with Gasteiger partial charge in [-0.3, -0.25) is 9.69 Å². The second kappa shape index (κ2) is 8.42. The molecule has 1 fully saturated rings. The maximum Gasteiger partial charge on any atom is 0.343 e. The molecule has 1 aromatic carbocycles. The van der Waals surface area contributed by atoms with Crippen LogP contribution < -0.4 is 5.56 Å². The van der Waals surface area contributed by atoms with E-state index in [9.17, 15) is 19.8 Å². The first kappa shape index (κ1) is 23.2. The fourth-order valence-electron chi connectivity index (χ4n) is 6.13. The molecule has 0 spiro atoms. The molecule has 8 heteroatoms. The lowest BCUT2D eigenvalue weighted by Crippen LogP contribution is -2.44. The normalized spacial score (nSPS) is 21.2. The number of fused-ring (bicyclic) bond motifs is 5. The first-order valence-corrected chi connectivity index (χ1v) is 12.9. The summed E-state index contributed by atoms with van der Waals surface area (Å²) in [6.07, 6.45) is 4.43. The number of esters is 1. The molecule has 0 saturated carbocycles. The molecule has 6 rings (SSSR count). The molecule has 8 nitrogen and oxygen atoms in total. The minimum absolute atomic E-state index is 0.110. The van der Waals surface area contributed by atoms with Crippen molar-refractivity contribution in [3.8, 4) is 17.1 Å². The van der Waals surface area contributed by atoms with Crippen LogP contribution in [0.3, 0.4) is 0 Å². The Morgan fingerprint density at radius 2 is 1.86 bits per heavy atom. The van der Waals surface area contributed by atoms with Crippen LogP contribution in [0.15, 0.2) is 23.0 Å². The van der Waals surface area contributed by atoms with Crippen LogP contribution in [0.4, 0.5) is 0 Å². The number of aryl methyl sites for hydroxylation is 1. The molecule has 1 atom stereocenters. The molecule has 2 N–H and O–H groups in total. The van der Waals surface area contributed by atoms with Gasteiger partial charge >= 0.3 is 5.97 Å². The van der Waals surface area contributed by atoms with Crippen molar-refractivity contribution in [1.29, 1.82) is 0 Å². The molecule has 2 aromatic heterocycles. The first-order valence-electron chi connectivity index (χ1n) is 12.9. The lowest BCUT2D eigenvalue weighted by atomic mass is 9.86. The Bertz CT molecular complexity index is 1470. The fourth-order valence-corrected chi connectivity index (χ4v) is 6.13. The van der Waals surface area contributed by atoms with Gasteiger partial charge in [0.2, 0.25) is 0 Å².